The van der Waals surface area contributed by atoms with Crippen LogP contribution in [0.5, 0.6) is 5.75 Å². The molecule has 0 bridgehead atoms. The Morgan fingerprint density at radius 1 is 0.929 bits per heavy atom. The van der Waals surface area contributed by atoms with E-state index in [1.165, 1.54) is 0 Å². The van der Waals surface area contributed by atoms with Gasteiger partial charge in [-0.1, -0.05) is 48.5 Å². The highest BCUT2D eigenvalue weighted by Gasteiger charge is 2.08. The van der Waals surface area contributed by atoms with E-state index in [-0.39, 0.29) is 5.91 Å². The van der Waals surface area contributed by atoms with Crippen molar-refractivity contribution in [2.24, 2.45) is 0 Å². The lowest BCUT2D eigenvalue weighted by atomic mass is 10.1. The summed E-state index contributed by atoms with van der Waals surface area (Å²) in [5.74, 6) is 0.553. The number of hydrogen-bond donors (Lipinski definition) is 3. The first-order chi connectivity index (χ1) is 13.7. The third kappa shape index (κ3) is 5.31. The number of thiocarbonyl (C=S) groups is 1. The lowest BCUT2D eigenvalue weighted by Crippen LogP contribution is -2.23. The van der Waals surface area contributed by atoms with E-state index in [2.05, 4.69) is 16.0 Å². The van der Waals surface area contributed by atoms with Crippen molar-refractivity contribution in [3.63, 3.8) is 0 Å². The highest BCUT2D eigenvalue weighted by molar-refractivity contribution is 7.80. The Kier molecular flexibility index (Phi) is 6.59. The predicted octanol–water partition coefficient (Wildman–Crippen LogP) is 4.43. The molecule has 3 rings (SSSR count). The normalized spacial score (nSPS) is 10.0. The number of para-hydroxylation sites is 2. The molecule has 28 heavy (non-hydrogen) atoms. The second-order valence-corrected chi connectivity index (χ2v) is 6.44. The molecule has 0 saturated heterocycles. The zero-order valence-corrected chi connectivity index (χ0v) is 16.3. The minimum absolute atomic E-state index is 0.142. The van der Waals surface area contributed by atoms with Crippen molar-refractivity contribution >= 4 is 34.6 Å². The number of amides is 1. The summed E-state index contributed by atoms with van der Waals surface area (Å²) in [7, 11) is 1.61. The van der Waals surface area contributed by atoms with Crippen LogP contribution < -0.4 is 20.7 Å². The van der Waals surface area contributed by atoms with Crippen molar-refractivity contribution in [2.75, 3.05) is 17.7 Å². The third-order valence-corrected chi connectivity index (χ3v) is 4.24. The number of benzene rings is 3. The van der Waals surface area contributed by atoms with Gasteiger partial charge in [0.25, 0.3) is 5.91 Å². The largest absolute Gasteiger partial charge is 0.495 e. The van der Waals surface area contributed by atoms with E-state index in [0.29, 0.717) is 23.0 Å². The first-order valence-electron chi connectivity index (χ1n) is 8.79. The summed E-state index contributed by atoms with van der Waals surface area (Å²) in [6.07, 6.45) is 0. The number of anilines is 2. The SMILES string of the molecule is COc1ccccc1NC(=S)Nc1cccc(C(=O)NCc2ccccc2)c1. The van der Waals surface area contributed by atoms with E-state index in [0.717, 1.165) is 16.9 Å². The van der Waals surface area contributed by atoms with Gasteiger partial charge in [-0.3, -0.25) is 4.79 Å². The molecule has 6 heteroatoms. The molecule has 0 aliphatic rings. The average molecular weight is 391 g/mol. The Bertz CT molecular complexity index is 961. The molecule has 3 aromatic carbocycles. The van der Waals surface area contributed by atoms with Crippen LogP contribution in [0.1, 0.15) is 15.9 Å². The van der Waals surface area contributed by atoms with Gasteiger partial charge >= 0.3 is 0 Å². The molecule has 0 heterocycles. The van der Waals surface area contributed by atoms with Gasteiger partial charge in [-0.05, 0) is 48.1 Å². The zero-order chi connectivity index (χ0) is 19.8. The first kappa shape index (κ1) is 19.4. The Morgan fingerprint density at radius 2 is 1.68 bits per heavy atom. The van der Waals surface area contributed by atoms with E-state index in [1.54, 1.807) is 19.2 Å². The fraction of sp³-hybridized carbons (Fsp3) is 0.0909. The minimum atomic E-state index is -0.142. The smallest absolute Gasteiger partial charge is 0.251 e. The van der Waals surface area contributed by atoms with E-state index < -0.39 is 0 Å². The number of ether oxygens (including phenoxy) is 1. The van der Waals surface area contributed by atoms with Crippen LogP contribution in [0, 0.1) is 0 Å². The number of nitrogens with one attached hydrogen (secondary N) is 3. The van der Waals surface area contributed by atoms with Crippen LogP contribution in [0.2, 0.25) is 0 Å². The molecule has 0 aliphatic carbocycles. The van der Waals surface area contributed by atoms with Gasteiger partial charge in [-0.2, -0.15) is 0 Å². The van der Waals surface area contributed by atoms with Crippen molar-refractivity contribution in [1.82, 2.24) is 5.32 Å². The quantitative estimate of drug-likeness (QED) is 0.543. The molecule has 3 N–H and O–H groups in total. The molecule has 0 aliphatic heterocycles. The van der Waals surface area contributed by atoms with Gasteiger partial charge in [0.05, 0.1) is 12.8 Å². The number of hydrogen-bond acceptors (Lipinski definition) is 3. The summed E-state index contributed by atoms with van der Waals surface area (Å²) in [6.45, 7) is 0.477. The molecule has 0 saturated carbocycles. The average Bonchev–Trinajstić information content (AvgIpc) is 2.73. The molecule has 1 amide bonds. The Hall–Kier alpha value is -3.38. The number of carbonyl (C=O) groups excluding carboxylic acids is 1. The maximum absolute atomic E-state index is 12.4. The molecular formula is C22H21N3O2S. The predicted molar refractivity (Wildman–Crippen MR) is 117 cm³/mol. The summed E-state index contributed by atoms with van der Waals surface area (Å²) in [5.41, 5.74) is 3.09. The van der Waals surface area contributed by atoms with Crippen molar-refractivity contribution in [3.05, 3.63) is 90.0 Å². The maximum Gasteiger partial charge on any atom is 0.251 e. The van der Waals surface area contributed by atoms with E-state index in [9.17, 15) is 4.79 Å². The van der Waals surface area contributed by atoms with Gasteiger partial charge in [0.1, 0.15) is 5.75 Å². The summed E-state index contributed by atoms with van der Waals surface area (Å²) in [5, 5.41) is 9.52. The van der Waals surface area contributed by atoms with Gasteiger partial charge in [0.15, 0.2) is 5.11 Å². The Balaban J connectivity index is 1.61. The zero-order valence-electron chi connectivity index (χ0n) is 15.4. The summed E-state index contributed by atoms with van der Waals surface area (Å²) in [4.78, 5) is 12.4. The van der Waals surface area contributed by atoms with Crippen LogP contribution in [0.15, 0.2) is 78.9 Å². The molecular weight excluding hydrogens is 370 g/mol. The van der Waals surface area contributed by atoms with Gasteiger partial charge < -0.3 is 20.7 Å². The topological polar surface area (TPSA) is 62.4 Å². The van der Waals surface area contributed by atoms with Crippen LogP contribution in [0.25, 0.3) is 0 Å². The fourth-order valence-corrected chi connectivity index (χ4v) is 2.88. The van der Waals surface area contributed by atoms with Crippen molar-refractivity contribution in [1.29, 1.82) is 0 Å². The van der Waals surface area contributed by atoms with E-state index in [4.69, 9.17) is 17.0 Å². The molecule has 142 valence electrons. The molecule has 3 aromatic rings. The highest BCUT2D eigenvalue weighted by Crippen LogP contribution is 2.23. The number of carbonyl (C=O) groups is 1. The molecule has 0 spiro atoms. The van der Waals surface area contributed by atoms with Gasteiger partial charge in [0.2, 0.25) is 0 Å². The summed E-state index contributed by atoms with van der Waals surface area (Å²) in [6, 6.07) is 24.5. The monoisotopic (exact) mass is 391 g/mol. The van der Waals surface area contributed by atoms with Crippen LogP contribution >= 0.6 is 12.2 Å². The van der Waals surface area contributed by atoms with Gasteiger partial charge in [-0.25, -0.2) is 0 Å². The van der Waals surface area contributed by atoms with E-state index >= 15 is 0 Å². The molecule has 5 nitrogen and oxygen atoms in total. The van der Waals surface area contributed by atoms with Crippen molar-refractivity contribution in [2.45, 2.75) is 6.54 Å². The van der Waals surface area contributed by atoms with Gasteiger partial charge in [0, 0.05) is 17.8 Å². The van der Waals surface area contributed by atoms with Crippen LogP contribution in [-0.2, 0) is 6.54 Å². The molecule has 0 radical (unpaired) electrons. The molecule has 0 unspecified atom stereocenters. The minimum Gasteiger partial charge on any atom is -0.495 e. The number of rotatable bonds is 6. The second-order valence-electron chi connectivity index (χ2n) is 6.03. The Labute approximate surface area is 169 Å². The second kappa shape index (κ2) is 9.53. The van der Waals surface area contributed by atoms with Crippen LogP contribution in [0.4, 0.5) is 11.4 Å². The van der Waals surface area contributed by atoms with Crippen molar-refractivity contribution < 1.29 is 9.53 Å². The lowest BCUT2D eigenvalue weighted by molar-refractivity contribution is 0.0951. The standard InChI is InChI=1S/C22H21N3O2S/c1-27-20-13-6-5-12-19(20)25-22(28)24-18-11-7-10-17(14-18)21(26)23-15-16-8-3-2-4-9-16/h2-14H,15H2,1H3,(H,23,26)(H2,24,25,28). The first-order valence-corrected chi connectivity index (χ1v) is 9.20. The molecule has 0 fully saturated rings. The number of methoxy groups -OCH3 is 1. The summed E-state index contributed by atoms with van der Waals surface area (Å²) >= 11 is 5.37. The lowest BCUT2D eigenvalue weighted by Gasteiger charge is -2.14. The molecule has 0 aromatic heterocycles. The highest BCUT2D eigenvalue weighted by atomic mass is 32.1. The van der Waals surface area contributed by atoms with E-state index in [1.807, 2.05) is 66.7 Å². The van der Waals surface area contributed by atoms with Crippen molar-refractivity contribution in [3.8, 4) is 5.75 Å². The Morgan fingerprint density at radius 3 is 2.46 bits per heavy atom. The fourth-order valence-electron chi connectivity index (χ4n) is 2.65. The molecule has 0 atom stereocenters. The third-order valence-electron chi connectivity index (χ3n) is 4.03. The van der Waals surface area contributed by atoms with Crippen LogP contribution in [-0.4, -0.2) is 18.1 Å². The van der Waals surface area contributed by atoms with Crippen LogP contribution in [0.3, 0.4) is 0 Å². The summed E-state index contributed by atoms with van der Waals surface area (Å²) < 4.78 is 5.31. The maximum atomic E-state index is 12.4. The van der Waals surface area contributed by atoms with Gasteiger partial charge in [-0.15, -0.1) is 0 Å².